The SMILES string of the molecule is Cl.O=C(C1CC1c1ccc(Cl)cc1Cl)N1CCCNCC1. The third-order valence-electron chi connectivity index (χ3n) is 4.12. The van der Waals surface area contributed by atoms with Gasteiger partial charge >= 0.3 is 0 Å². The molecule has 1 aromatic carbocycles. The quantitative estimate of drug-likeness (QED) is 0.888. The second-order valence-electron chi connectivity index (χ2n) is 5.54. The fraction of sp³-hybridized carbons (Fsp3) is 0.533. The molecule has 1 saturated carbocycles. The van der Waals surface area contributed by atoms with E-state index in [-0.39, 0.29) is 30.2 Å². The third-order valence-corrected chi connectivity index (χ3v) is 4.68. The van der Waals surface area contributed by atoms with E-state index < -0.39 is 0 Å². The molecule has 2 unspecified atom stereocenters. The Hall–Kier alpha value is -0.480. The summed E-state index contributed by atoms with van der Waals surface area (Å²) >= 11 is 12.1. The van der Waals surface area contributed by atoms with E-state index in [4.69, 9.17) is 23.2 Å². The lowest BCUT2D eigenvalue weighted by Crippen LogP contribution is -2.35. The molecule has 0 aromatic heterocycles. The van der Waals surface area contributed by atoms with Crippen molar-refractivity contribution in [3.8, 4) is 0 Å². The minimum Gasteiger partial charge on any atom is -0.341 e. The van der Waals surface area contributed by atoms with Crippen LogP contribution >= 0.6 is 35.6 Å². The van der Waals surface area contributed by atoms with E-state index in [1.807, 2.05) is 17.0 Å². The van der Waals surface area contributed by atoms with Crippen molar-refractivity contribution in [1.82, 2.24) is 10.2 Å². The van der Waals surface area contributed by atoms with E-state index >= 15 is 0 Å². The number of halogens is 3. The molecule has 1 heterocycles. The zero-order valence-electron chi connectivity index (χ0n) is 11.6. The normalized spacial score (nSPS) is 25.0. The van der Waals surface area contributed by atoms with Gasteiger partial charge in [-0.2, -0.15) is 0 Å². The van der Waals surface area contributed by atoms with Gasteiger partial charge in [-0.1, -0.05) is 29.3 Å². The van der Waals surface area contributed by atoms with E-state index in [1.54, 1.807) is 6.07 Å². The number of hydrogen-bond donors (Lipinski definition) is 1. The summed E-state index contributed by atoms with van der Waals surface area (Å²) in [6, 6.07) is 5.55. The molecule has 2 fully saturated rings. The van der Waals surface area contributed by atoms with Crippen molar-refractivity contribution in [3.05, 3.63) is 33.8 Å². The second-order valence-corrected chi connectivity index (χ2v) is 6.39. The molecule has 1 saturated heterocycles. The largest absolute Gasteiger partial charge is 0.341 e. The number of hydrogen-bond acceptors (Lipinski definition) is 2. The maximum Gasteiger partial charge on any atom is 0.226 e. The van der Waals surface area contributed by atoms with Crippen molar-refractivity contribution in [2.45, 2.75) is 18.8 Å². The van der Waals surface area contributed by atoms with Crippen LogP contribution in [0.4, 0.5) is 0 Å². The van der Waals surface area contributed by atoms with Crippen LogP contribution in [0.1, 0.15) is 24.3 Å². The molecule has 1 aromatic rings. The Balaban J connectivity index is 0.00000161. The molecule has 21 heavy (non-hydrogen) atoms. The molecular formula is C15H19Cl3N2O. The average molecular weight is 350 g/mol. The van der Waals surface area contributed by atoms with Gasteiger partial charge in [0, 0.05) is 35.6 Å². The monoisotopic (exact) mass is 348 g/mol. The summed E-state index contributed by atoms with van der Waals surface area (Å²) in [5.74, 6) is 0.653. The molecule has 0 bridgehead atoms. The van der Waals surface area contributed by atoms with E-state index in [0.29, 0.717) is 10.0 Å². The number of nitrogens with one attached hydrogen (secondary N) is 1. The van der Waals surface area contributed by atoms with Gasteiger partial charge in [0.1, 0.15) is 0 Å². The maximum atomic E-state index is 12.5. The van der Waals surface area contributed by atoms with Crippen LogP contribution in [0.2, 0.25) is 10.0 Å². The summed E-state index contributed by atoms with van der Waals surface area (Å²) in [4.78, 5) is 14.5. The predicted octanol–water partition coefficient (Wildman–Crippen LogP) is 3.34. The molecule has 1 amide bonds. The van der Waals surface area contributed by atoms with Crippen LogP contribution in [0.3, 0.4) is 0 Å². The third kappa shape index (κ3) is 3.84. The molecule has 1 N–H and O–H groups in total. The molecule has 1 aliphatic heterocycles. The first kappa shape index (κ1) is 16.9. The van der Waals surface area contributed by atoms with Crippen molar-refractivity contribution in [1.29, 1.82) is 0 Å². The molecule has 2 aliphatic rings. The fourth-order valence-corrected chi connectivity index (χ4v) is 3.46. The maximum absolute atomic E-state index is 12.5. The molecule has 116 valence electrons. The second kappa shape index (κ2) is 7.19. The van der Waals surface area contributed by atoms with Gasteiger partial charge in [0.2, 0.25) is 5.91 Å². The summed E-state index contributed by atoms with van der Waals surface area (Å²) < 4.78 is 0. The van der Waals surface area contributed by atoms with Gasteiger partial charge in [0.25, 0.3) is 0 Å². The first-order valence-corrected chi connectivity index (χ1v) is 7.87. The van der Waals surface area contributed by atoms with Crippen LogP contribution in [0, 0.1) is 5.92 Å². The lowest BCUT2D eigenvalue weighted by atomic mass is 10.1. The minimum atomic E-state index is 0. The van der Waals surface area contributed by atoms with Crippen LogP contribution in [0.15, 0.2) is 18.2 Å². The van der Waals surface area contributed by atoms with Crippen molar-refractivity contribution in [2.75, 3.05) is 26.2 Å². The Morgan fingerprint density at radius 2 is 2.05 bits per heavy atom. The lowest BCUT2D eigenvalue weighted by Gasteiger charge is -2.20. The van der Waals surface area contributed by atoms with E-state index in [9.17, 15) is 4.79 Å². The Morgan fingerprint density at radius 1 is 1.24 bits per heavy atom. The molecule has 0 radical (unpaired) electrons. The van der Waals surface area contributed by atoms with Crippen LogP contribution < -0.4 is 5.32 Å². The molecule has 3 rings (SSSR count). The standard InChI is InChI=1S/C15H18Cl2N2O.ClH/c16-10-2-3-11(14(17)8-10)12-9-13(12)15(20)19-6-1-4-18-5-7-19;/h2-3,8,12-13,18H,1,4-7,9H2;1H. The summed E-state index contributed by atoms with van der Waals surface area (Å²) in [5, 5.41) is 4.64. The van der Waals surface area contributed by atoms with E-state index in [0.717, 1.165) is 44.6 Å². The molecule has 3 nitrogen and oxygen atoms in total. The highest BCUT2D eigenvalue weighted by atomic mass is 35.5. The predicted molar refractivity (Wildman–Crippen MR) is 88.6 cm³/mol. The average Bonchev–Trinajstić information content (AvgIpc) is 3.22. The molecule has 2 atom stereocenters. The Kier molecular flexibility index (Phi) is 5.78. The van der Waals surface area contributed by atoms with Gasteiger partial charge in [-0.25, -0.2) is 0 Å². The minimum absolute atomic E-state index is 0. The molecule has 1 aliphatic carbocycles. The summed E-state index contributed by atoms with van der Waals surface area (Å²) in [7, 11) is 0. The number of carbonyl (C=O) groups is 1. The lowest BCUT2D eigenvalue weighted by molar-refractivity contribution is -0.132. The zero-order valence-corrected chi connectivity index (χ0v) is 14.0. The fourth-order valence-electron chi connectivity index (χ4n) is 2.91. The van der Waals surface area contributed by atoms with E-state index in [2.05, 4.69) is 5.32 Å². The number of rotatable bonds is 2. The first-order chi connectivity index (χ1) is 9.66. The van der Waals surface area contributed by atoms with Crippen molar-refractivity contribution >= 4 is 41.5 Å². The van der Waals surface area contributed by atoms with Gasteiger partial charge in [-0.05, 0) is 43.0 Å². The van der Waals surface area contributed by atoms with E-state index in [1.165, 1.54) is 0 Å². The van der Waals surface area contributed by atoms with Crippen molar-refractivity contribution < 1.29 is 4.79 Å². The number of carbonyl (C=O) groups excluding carboxylic acids is 1. The summed E-state index contributed by atoms with van der Waals surface area (Å²) in [6.45, 7) is 3.57. The highest BCUT2D eigenvalue weighted by Gasteiger charge is 2.46. The molecule has 6 heteroatoms. The molecular weight excluding hydrogens is 331 g/mol. The van der Waals surface area contributed by atoms with Crippen molar-refractivity contribution in [3.63, 3.8) is 0 Å². The van der Waals surface area contributed by atoms with Crippen molar-refractivity contribution in [2.24, 2.45) is 5.92 Å². The Labute approximate surface area is 141 Å². The topological polar surface area (TPSA) is 32.3 Å². The highest BCUT2D eigenvalue weighted by Crippen LogP contribution is 2.50. The Morgan fingerprint density at radius 3 is 2.81 bits per heavy atom. The molecule has 0 spiro atoms. The van der Waals surface area contributed by atoms with Gasteiger partial charge in [0.05, 0.1) is 0 Å². The number of nitrogens with zero attached hydrogens (tertiary/aromatic N) is 1. The number of amides is 1. The zero-order chi connectivity index (χ0) is 14.1. The first-order valence-electron chi connectivity index (χ1n) is 7.11. The van der Waals surface area contributed by atoms with Crippen LogP contribution in [0.5, 0.6) is 0 Å². The highest BCUT2D eigenvalue weighted by molar-refractivity contribution is 6.35. The summed E-state index contributed by atoms with van der Waals surface area (Å²) in [6.07, 6.45) is 1.94. The van der Waals surface area contributed by atoms with Gasteiger partial charge in [0.15, 0.2) is 0 Å². The number of benzene rings is 1. The van der Waals surface area contributed by atoms with Gasteiger partial charge in [-0.3, -0.25) is 4.79 Å². The van der Waals surface area contributed by atoms with Gasteiger partial charge in [-0.15, -0.1) is 12.4 Å². The van der Waals surface area contributed by atoms with Crippen LogP contribution in [-0.4, -0.2) is 37.0 Å². The Bertz CT molecular complexity index is 516. The van der Waals surface area contributed by atoms with Crippen LogP contribution in [-0.2, 0) is 4.79 Å². The summed E-state index contributed by atoms with van der Waals surface area (Å²) in [5.41, 5.74) is 1.06. The van der Waals surface area contributed by atoms with Crippen LogP contribution in [0.25, 0.3) is 0 Å². The smallest absolute Gasteiger partial charge is 0.226 e. The van der Waals surface area contributed by atoms with Gasteiger partial charge < -0.3 is 10.2 Å².